The van der Waals surface area contributed by atoms with Gasteiger partial charge in [0.2, 0.25) is 0 Å². The Bertz CT molecular complexity index is 249. The fraction of sp³-hybridized carbons (Fsp3) is 0.500. The summed E-state index contributed by atoms with van der Waals surface area (Å²) < 4.78 is 4.70. The third-order valence-corrected chi connectivity index (χ3v) is 1.74. The zero-order valence-corrected chi connectivity index (χ0v) is 11.7. The summed E-state index contributed by atoms with van der Waals surface area (Å²) in [6, 6.07) is 0. The predicted molar refractivity (Wildman–Crippen MR) is 72.8 cm³/mol. The highest BCUT2D eigenvalue weighted by atomic mass is 17.2. The molecule has 0 amide bonds. The number of rotatable bonds is 10. The van der Waals surface area contributed by atoms with Gasteiger partial charge in [-0.2, -0.15) is 4.89 Å². The first-order chi connectivity index (χ1) is 9.62. The maximum atomic E-state index is 10.6. The lowest BCUT2D eigenvalue weighted by Crippen LogP contribution is -2.05. The molecule has 0 rings (SSSR count). The third kappa shape index (κ3) is 18.7. The number of hydrogen-bond acceptors (Lipinski definition) is 5. The number of unbranched alkanes of at least 4 members (excludes halogenated alkanes) is 2. The van der Waals surface area contributed by atoms with Crippen LogP contribution in [-0.4, -0.2) is 31.8 Å². The van der Waals surface area contributed by atoms with Crippen LogP contribution in [0.1, 0.15) is 25.7 Å². The molecular formula is C14H22O6. The summed E-state index contributed by atoms with van der Waals surface area (Å²) in [5, 5.41) is 9.49. The highest BCUT2D eigenvalue weighted by Gasteiger charge is 1.97. The van der Waals surface area contributed by atoms with Crippen molar-refractivity contribution >= 4 is 11.9 Å². The Hall–Kier alpha value is -1.66. The van der Waals surface area contributed by atoms with E-state index in [1.54, 1.807) is 0 Å². The summed E-state index contributed by atoms with van der Waals surface area (Å²) in [5.74, 6) is -1.08. The van der Waals surface area contributed by atoms with Gasteiger partial charge in [0, 0.05) is 12.2 Å². The van der Waals surface area contributed by atoms with Crippen molar-refractivity contribution in [3.63, 3.8) is 0 Å². The number of carbonyl (C=O) groups excluding carboxylic acids is 2. The lowest BCUT2D eigenvalue weighted by molar-refractivity contribution is -0.267. The first-order valence-corrected chi connectivity index (χ1v) is 6.24. The SMILES string of the molecule is C=CC(=O)OCCCCOOC(=O)C=C.[CH2]CCC[O]. The van der Waals surface area contributed by atoms with Crippen molar-refractivity contribution in [2.45, 2.75) is 25.7 Å². The lowest BCUT2D eigenvalue weighted by atomic mass is 10.3. The zero-order chi connectivity index (χ0) is 15.6. The van der Waals surface area contributed by atoms with Crippen LogP contribution in [0, 0.1) is 6.92 Å². The molecule has 0 unspecified atom stereocenters. The molecule has 114 valence electrons. The monoisotopic (exact) mass is 286 g/mol. The van der Waals surface area contributed by atoms with Crippen LogP contribution in [0.2, 0.25) is 0 Å². The molecule has 0 aliphatic carbocycles. The van der Waals surface area contributed by atoms with Crippen molar-refractivity contribution in [2.75, 3.05) is 19.8 Å². The third-order valence-electron chi connectivity index (χ3n) is 1.74. The topological polar surface area (TPSA) is 81.7 Å². The highest BCUT2D eigenvalue weighted by molar-refractivity contribution is 5.81. The Kier molecular flexibility index (Phi) is 17.9. The van der Waals surface area contributed by atoms with Crippen LogP contribution in [-0.2, 0) is 29.2 Å². The summed E-state index contributed by atoms with van der Waals surface area (Å²) in [4.78, 5) is 29.9. The van der Waals surface area contributed by atoms with Crippen LogP contribution in [0.5, 0.6) is 0 Å². The van der Waals surface area contributed by atoms with E-state index in [4.69, 9.17) is 4.74 Å². The van der Waals surface area contributed by atoms with E-state index in [0.717, 1.165) is 25.0 Å². The van der Waals surface area contributed by atoms with Gasteiger partial charge in [-0.3, -0.25) is 4.89 Å². The minimum absolute atomic E-state index is 0.0312. The first kappa shape index (κ1) is 20.7. The van der Waals surface area contributed by atoms with E-state index in [1.165, 1.54) is 0 Å². The standard InChI is InChI=1S/C10H14O5.C4H8O/c1-3-9(11)13-7-5-6-8-14-15-10(12)4-2;1-2-3-4-5/h3-4H,1-2,5-8H2;1-4H2. The molecule has 2 radical (unpaired) electrons. The molecule has 0 aliphatic heterocycles. The van der Waals surface area contributed by atoms with Gasteiger partial charge in [0.25, 0.3) is 0 Å². The predicted octanol–water partition coefficient (Wildman–Crippen LogP) is 2.19. The van der Waals surface area contributed by atoms with Crippen LogP contribution < -0.4 is 0 Å². The van der Waals surface area contributed by atoms with E-state index in [1.807, 2.05) is 0 Å². The molecule has 6 nitrogen and oxygen atoms in total. The van der Waals surface area contributed by atoms with Gasteiger partial charge in [-0.25, -0.2) is 14.7 Å². The van der Waals surface area contributed by atoms with E-state index in [-0.39, 0.29) is 13.2 Å². The van der Waals surface area contributed by atoms with Crippen LogP contribution in [0.15, 0.2) is 25.3 Å². The molecule has 0 spiro atoms. The Morgan fingerprint density at radius 3 is 2.00 bits per heavy atom. The van der Waals surface area contributed by atoms with Gasteiger partial charge < -0.3 is 4.74 Å². The molecule has 0 aromatic rings. The van der Waals surface area contributed by atoms with Crippen LogP contribution in [0.4, 0.5) is 0 Å². The fourth-order valence-electron chi connectivity index (χ4n) is 0.731. The van der Waals surface area contributed by atoms with Crippen molar-refractivity contribution in [3.8, 4) is 0 Å². The summed E-state index contributed by atoms with van der Waals surface area (Å²) in [6.07, 6.45) is 4.86. The molecule has 0 saturated heterocycles. The summed E-state index contributed by atoms with van der Waals surface area (Å²) in [5.41, 5.74) is 0. The molecular weight excluding hydrogens is 264 g/mol. The summed E-state index contributed by atoms with van der Waals surface area (Å²) in [7, 11) is 0. The van der Waals surface area contributed by atoms with E-state index in [0.29, 0.717) is 19.4 Å². The second-order valence-corrected chi connectivity index (χ2v) is 3.42. The van der Waals surface area contributed by atoms with Crippen molar-refractivity contribution in [1.29, 1.82) is 0 Å². The van der Waals surface area contributed by atoms with Gasteiger partial charge >= 0.3 is 11.9 Å². The number of ether oxygens (including phenoxy) is 1. The van der Waals surface area contributed by atoms with Gasteiger partial charge in [0.05, 0.1) is 19.8 Å². The van der Waals surface area contributed by atoms with Gasteiger partial charge in [0.1, 0.15) is 0 Å². The van der Waals surface area contributed by atoms with E-state index in [2.05, 4.69) is 29.9 Å². The Morgan fingerprint density at radius 2 is 1.55 bits per heavy atom. The van der Waals surface area contributed by atoms with Gasteiger partial charge in [-0.1, -0.05) is 26.5 Å². The quantitative estimate of drug-likeness (QED) is 0.202. The number of carbonyl (C=O) groups is 2. The Morgan fingerprint density at radius 1 is 0.950 bits per heavy atom. The molecule has 0 aromatic heterocycles. The van der Waals surface area contributed by atoms with Crippen molar-refractivity contribution < 1.29 is 29.2 Å². The molecule has 0 saturated carbocycles. The maximum Gasteiger partial charge on any atom is 0.365 e. The molecule has 0 bridgehead atoms. The normalized spacial score (nSPS) is 8.90. The molecule has 0 N–H and O–H groups in total. The zero-order valence-electron chi connectivity index (χ0n) is 11.7. The molecule has 0 aromatic carbocycles. The average molecular weight is 286 g/mol. The first-order valence-electron chi connectivity index (χ1n) is 6.24. The summed E-state index contributed by atoms with van der Waals surface area (Å²) >= 11 is 0. The van der Waals surface area contributed by atoms with E-state index in [9.17, 15) is 14.7 Å². The molecule has 6 heteroatoms. The number of hydrogen-bond donors (Lipinski definition) is 0. The summed E-state index contributed by atoms with van der Waals surface area (Å²) in [6.45, 7) is 10.5. The van der Waals surface area contributed by atoms with E-state index < -0.39 is 11.9 Å². The Balaban J connectivity index is 0. The molecule has 20 heavy (non-hydrogen) atoms. The smallest absolute Gasteiger partial charge is 0.365 e. The largest absolute Gasteiger partial charge is 0.463 e. The van der Waals surface area contributed by atoms with Crippen molar-refractivity contribution in [3.05, 3.63) is 32.2 Å². The van der Waals surface area contributed by atoms with Crippen molar-refractivity contribution in [1.82, 2.24) is 0 Å². The second-order valence-electron chi connectivity index (χ2n) is 3.42. The molecule has 0 fully saturated rings. The second kappa shape index (κ2) is 17.3. The molecule has 0 heterocycles. The molecule has 0 aliphatic rings. The fourth-order valence-corrected chi connectivity index (χ4v) is 0.731. The highest BCUT2D eigenvalue weighted by Crippen LogP contribution is 1.93. The van der Waals surface area contributed by atoms with Gasteiger partial charge in [-0.05, 0) is 19.3 Å². The van der Waals surface area contributed by atoms with Crippen LogP contribution in [0.25, 0.3) is 0 Å². The average Bonchev–Trinajstić information content (AvgIpc) is 2.47. The minimum Gasteiger partial charge on any atom is -0.463 e. The maximum absolute atomic E-state index is 10.6. The number of esters is 1. The van der Waals surface area contributed by atoms with Crippen LogP contribution >= 0.6 is 0 Å². The molecule has 0 atom stereocenters. The minimum atomic E-state index is -0.631. The van der Waals surface area contributed by atoms with Crippen molar-refractivity contribution in [2.24, 2.45) is 0 Å². The van der Waals surface area contributed by atoms with Gasteiger partial charge in [0.15, 0.2) is 0 Å². The lowest BCUT2D eigenvalue weighted by Gasteiger charge is -2.02. The Labute approximate surface area is 119 Å². The van der Waals surface area contributed by atoms with E-state index >= 15 is 0 Å². The van der Waals surface area contributed by atoms with Gasteiger partial charge in [-0.15, -0.1) is 0 Å². The van der Waals surface area contributed by atoms with Crippen LogP contribution in [0.3, 0.4) is 0 Å².